The van der Waals surface area contributed by atoms with Crippen molar-refractivity contribution in [3.63, 3.8) is 0 Å². The van der Waals surface area contributed by atoms with E-state index in [2.05, 4.69) is 10.3 Å². The minimum Gasteiger partial charge on any atom is -0.495 e. The van der Waals surface area contributed by atoms with Gasteiger partial charge in [-0.1, -0.05) is 58.8 Å². The van der Waals surface area contributed by atoms with Gasteiger partial charge >= 0.3 is 0 Å². The van der Waals surface area contributed by atoms with E-state index in [-0.39, 0.29) is 5.91 Å². The Morgan fingerprint density at radius 2 is 1.85 bits per heavy atom. The highest BCUT2D eigenvalue weighted by molar-refractivity contribution is 7.22. The highest BCUT2D eigenvalue weighted by Gasteiger charge is 2.15. The first-order chi connectivity index (χ1) is 12.6. The van der Waals surface area contributed by atoms with Crippen LogP contribution in [-0.4, -0.2) is 18.0 Å². The molecule has 0 radical (unpaired) electrons. The number of nitrogens with zero attached hydrogens (tertiary/aromatic N) is 1. The van der Waals surface area contributed by atoms with Gasteiger partial charge in [-0.2, -0.15) is 0 Å². The molecule has 26 heavy (non-hydrogen) atoms. The predicted molar refractivity (Wildman–Crippen MR) is 108 cm³/mol. The van der Waals surface area contributed by atoms with Gasteiger partial charge in [-0.15, -0.1) is 0 Å². The molecule has 3 aromatic carbocycles. The predicted octanol–water partition coefficient (Wildman–Crippen LogP) is 6.02. The van der Waals surface area contributed by atoms with Crippen LogP contribution in [-0.2, 0) is 0 Å². The number of ether oxygens (including phenoxy) is 1. The number of halogens is 2. The van der Waals surface area contributed by atoms with Crippen LogP contribution >= 0.6 is 34.5 Å². The van der Waals surface area contributed by atoms with E-state index in [9.17, 15) is 4.79 Å². The van der Waals surface area contributed by atoms with E-state index in [0.717, 1.165) is 15.5 Å². The van der Waals surface area contributed by atoms with Crippen molar-refractivity contribution in [3.8, 4) is 5.75 Å². The molecule has 1 heterocycles. The smallest absolute Gasteiger partial charge is 0.258 e. The van der Waals surface area contributed by atoms with Crippen molar-refractivity contribution in [2.45, 2.75) is 0 Å². The van der Waals surface area contributed by atoms with Crippen molar-refractivity contribution in [1.29, 1.82) is 0 Å². The Hall–Kier alpha value is -2.34. The number of anilines is 1. The SMILES string of the molecule is COc1cc2sc(NC(=O)c3cccc4c(Cl)cccc34)nc2cc1Cl. The first kappa shape index (κ1) is 17.1. The van der Waals surface area contributed by atoms with Crippen LogP contribution in [0.1, 0.15) is 10.4 Å². The minimum atomic E-state index is -0.241. The number of hydrogen-bond donors (Lipinski definition) is 1. The van der Waals surface area contributed by atoms with Gasteiger partial charge in [0.05, 0.1) is 22.3 Å². The monoisotopic (exact) mass is 402 g/mol. The maximum absolute atomic E-state index is 12.8. The quantitative estimate of drug-likeness (QED) is 0.455. The number of carbonyl (C=O) groups is 1. The van der Waals surface area contributed by atoms with Crippen LogP contribution in [0, 0.1) is 0 Å². The van der Waals surface area contributed by atoms with E-state index in [1.165, 1.54) is 11.3 Å². The number of methoxy groups -OCH3 is 1. The van der Waals surface area contributed by atoms with E-state index in [1.54, 1.807) is 25.3 Å². The van der Waals surface area contributed by atoms with Gasteiger partial charge in [-0.3, -0.25) is 10.1 Å². The highest BCUT2D eigenvalue weighted by atomic mass is 35.5. The second-order valence-corrected chi connectivity index (χ2v) is 7.41. The summed E-state index contributed by atoms with van der Waals surface area (Å²) in [5, 5.41) is 6.07. The fraction of sp³-hybridized carbons (Fsp3) is 0.0526. The minimum absolute atomic E-state index is 0.241. The molecular formula is C19H12Cl2N2O2S. The van der Waals surface area contributed by atoms with Crippen LogP contribution in [0.5, 0.6) is 5.75 Å². The first-order valence-corrected chi connectivity index (χ1v) is 9.27. The lowest BCUT2D eigenvalue weighted by atomic mass is 10.0. The van der Waals surface area contributed by atoms with Gasteiger partial charge in [-0.25, -0.2) is 4.98 Å². The second kappa shape index (κ2) is 6.76. The van der Waals surface area contributed by atoms with Gasteiger partial charge in [0.1, 0.15) is 5.75 Å². The summed E-state index contributed by atoms with van der Waals surface area (Å²) < 4.78 is 6.10. The molecule has 0 spiro atoms. The summed E-state index contributed by atoms with van der Waals surface area (Å²) in [5.74, 6) is 0.333. The molecule has 0 saturated heterocycles. The topological polar surface area (TPSA) is 51.2 Å². The molecule has 1 amide bonds. The maximum Gasteiger partial charge on any atom is 0.258 e. The van der Waals surface area contributed by atoms with Gasteiger partial charge in [0.25, 0.3) is 5.91 Å². The molecule has 0 saturated carbocycles. The van der Waals surface area contributed by atoms with Crippen molar-refractivity contribution < 1.29 is 9.53 Å². The lowest BCUT2D eigenvalue weighted by molar-refractivity contribution is 0.102. The number of fused-ring (bicyclic) bond motifs is 2. The molecular weight excluding hydrogens is 391 g/mol. The average Bonchev–Trinajstić information content (AvgIpc) is 3.01. The van der Waals surface area contributed by atoms with Crippen molar-refractivity contribution >= 4 is 66.6 Å². The van der Waals surface area contributed by atoms with E-state index in [0.29, 0.717) is 32.0 Å². The van der Waals surface area contributed by atoms with Gasteiger partial charge < -0.3 is 4.74 Å². The van der Waals surface area contributed by atoms with Gasteiger partial charge in [-0.05, 0) is 23.6 Å². The van der Waals surface area contributed by atoms with Gasteiger partial charge in [0, 0.05) is 22.0 Å². The molecule has 0 fully saturated rings. The third kappa shape index (κ3) is 2.98. The Kier molecular flexibility index (Phi) is 4.44. The molecule has 0 atom stereocenters. The van der Waals surface area contributed by atoms with Crippen molar-refractivity contribution in [2.75, 3.05) is 12.4 Å². The summed E-state index contributed by atoms with van der Waals surface area (Å²) in [7, 11) is 1.56. The van der Waals surface area contributed by atoms with Gasteiger partial charge in [0.15, 0.2) is 5.13 Å². The van der Waals surface area contributed by atoms with Crippen molar-refractivity contribution in [1.82, 2.24) is 4.98 Å². The standard InChI is InChI=1S/C19H12Cl2N2O2S/c1-25-16-9-17-15(8-14(16)21)22-19(26-17)23-18(24)12-6-2-5-11-10(12)4-3-7-13(11)20/h2-9H,1H3,(H,22,23,24). The third-order valence-electron chi connectivity index (χ3n) is 4.00. The summed E-state index contributed by atoms with van der Waals surface area (Å²) in [6.07, 6.45) is 0. The van der Waals surface area contributed by atoms with Crippen LogP contribution in [0.15, 0.2) is 48.5 Å². The zero-order valence-corrected chi connectivity index (χ0v) is 15.9. The second-order valence-electron chi connectivity index (χ2n) is 5.57. The number of nitrogens with one attached hydrogen (secondary N) is 1. The summed E-state index contributed by atoms with van der Waals surface area (Å²) in [5.41, 5.74) is 1.25. The number of benzene rings is 3. The summed E-state index contributed by atoms with van der Waals surface area (Å²) >= 11 is 13.7. The molecule has 4 rings (SSSR count). The Morgan fingerprint density at radius 1 is 1.08 bits per heavy atom. The molecule has 4 nitrogen and oxygen atoms in total. The number of aromatic nitrogens is 1. The number of rotatable bonds is 3. The Morgan fingerprint density at radius 3 is 2.65 bits per heavy atom. The fourth-order valence-electron chi connectivity index (χ4n) is 2.77. The normalized spacial score (nSPS) is 11.0. The van der Waals surface area contributed by atoms with E-state index < -0.39 is 0 Å². The summed E-state index contributed by atoms with van der Waals surface area (Å²) in [4.78, 5) is 17.2. The lowest BCUT2D eigenvalue weighted by Gasteiger charge is -2.07. The molecule has 0 aliphatic rings. The number of thiazole rings is 1. The molecule has 0 unspecified atom stereocenters. The van der Waals surface area contributed by atoms with Gasteiger partial charge in [0.2, 0.25) is 0 Å². The number of hydrogen-bond acceptors (Lipinski definition) is 4. The number of carbonyl (C=O) groups excluding carboxylic acids is 1. The van der Waals surface area contributed by atoms with Crippen LogP contribution < -0.4 is 10.1 Å². The summed E-state index contributed by atoms with van der Waals surface area (Å²) in [6, 6.07) is 14.5. The van der Waals surface area contributed by atoms with Crippen molar-refractivity contribution in [3.05, 3.63) is 64.1 Å². The first-order valence-electron chi connectivity index (χ1n) is 7.69. The molecule has 1 aromatic heterocycles. The highest BCUT2D eigenvalue weighted by Crippen LogP contribution is 2.35. The fourth-order valence-corrected chi connectivity index (χ4v) is 4.12. The Bertz CT molecular complexity index is 1160. The van der Waals surface area contributed by atoms with Crippen LogP contribution in [0.2, 0.25) is 10.0 Å². The molecule has 7 heteroatoms. The van der Waals surface area contributed by atoms with Crippen LogP contribution in [0.3, 0.4) is 0 Å². The van der Waals surface area contributed by atoms with Crippen LogP contribution in [0.4, 0.5) is 5.13 Å². The van der Waals surface area contributed by atoms with E-state index >= 15 is 0 Å². The maximum atomic E-state index is 12.8. The number of amides is 1. The zero-order valence-electron chi connectivity index (χ0n) is 13.5. The molecule has 0 aliphatic heterocycles. The molecule has 130 valence electrons. The van der Waals surface area contributed by atoms with Crippen LogP contribution in [0.25, 0.3) is 21.0 Å². The Balaban J connectivity index is 1.71. The molecule has 0 bridgehead atoms. The zero-order chi connectivity index (χ0) is 18.3. The molecule has 0 aliphatic carbocycles. The molecule has 1 N–H and O–H groups in total. The largest absolute Gasteiger partial charge is 0.495 e. The van der Waals surface area contributed by atoms with Crippen molar-refractivity contribution in [2.24, 2.45) is 0 Å². The Labute approximate surface area is 163 Å². The summed E-state index contributed by atoms with van der Waals surface area (Å²) in [6.45, 7) is 0. The third-order valence-corrected chi connectivity index (χ3v) is 5.55. The molecule has 4 aromatic rings. The lowest BCUT2D eigenvalue weighted by Crippen LogP contribution is -2.12. The van der Waals surface area contributed by atoms with E-state index in [1.807, 2.05) is 30.3 Å². The van der Waals surface area contributed by atoms with E-state index in [4.69, 9.17) is 27.9 Å². The average molecular weight is 403 g/mol.